The molecule has 0 bridgehead atoms. The topological polar surface area (TPSA) is 79.7 Å². The molecule has 146 valence electrons. The number of ether oxygens (including phenoxy) is 1. The Morgan fingerprint density at radius 2 is 1.96 bits per heavy atom. The van der Waals surface area contributed by atoms with Crippen LogP contribution >= 0.6 is 22.7 Å². The molecule has 0 fully saturated rings. The molecular formula is C20H20N2O4S2. The number of aliphatic carboxylic acids is 1. The van der Waals surface area contributed by atoms with Crippen LogP contribution in [0.4, 0.5) is 9.93 Å². The molecule has 1 amide bonds. The second kappa shape index (κ2) is 9.48. The summed E-state index contributed by atoms with van der Waals surface area (Å²) < 4.78 is 5.43. The van der Waals surface area contributed by atoms with Gasteiger partial charge in [-0.1, -0.05) is 30.3 Å². The molecular weight excluding hydrogens is 396 g/mol. The minimum absolute atomic E-state index is 0.0230. The zero-order valence-electron chi connectivity index (χ0n) is 15.3. The van der Waals surface area contributed by atoms with E-state index in [1.165, 1.54) is 21.1 Å². The van der Waals surface area contributed by atoms with Gasteiger partial charge in [0, 0.05) is 23.2 Å². The van der Waals surface area contributed by atoms with Crippen LogP contribution in [0.3, 0.4) is 0 Å². The van der Waals surface area contributed by atoms with Crippen LogP contribution < -0.4 is 4.90 Å². The zero-order chi connectivity index (χ0) is 19.9. The van der Waals surface area contributed by atoms with Gasteiger partial charge in [0.05, 0.1) is 10.6 Å². The Morgan fingerprint density at radius 3 is 2.64 bits per heavy atom. The summed E-state index contributed by atoms with van der Waals surface area (Å²) in [6, 6.07) is 13.4. The molecule has 0 aliphatic carbocycles. The number of carboxylic acids is 1. The Bertz CT molecular complexity index is 937. The number of hydrogen-bond acceptors (Lipinski definition) is 6. The molecule has 0 aliphatic heterocycles. The number of benzene rings is 1. The number of amides is 1. The standard InChI is InChI=1S/C20H20N2O4S2/c1-14-9-10-17(28-14)16-13-27-19(21-16)22(11-5-8-18(23)24)20(25)26-12-15-6-3-2-4-7-15/h2-4,6-7,9-10,13H,5,8,11-12H2,1H3,(H,23,24). The lowest BCUT2D eigenvalue weighted by Crippen LogP contribution is -2.32. The van der Waals surface area contributed by atoms with Crippen LogP contribution in [0, 0.1) is 6.92 Å². The Hall–Kier alpha value is -2.71. The van der Waals surface area contributed by atoms with E-state index in [4.69, 9.17) is 9.84 Å². The number of rotatable bonds is 8. The first-order chi connectivity index (χ1) is 13.5. The summed E-state index contributed by atoms with van der Waals surface area (Å²) >= 11 is 2.98. The van der Waals surface area contributed by atoms with Crippen molar-refractivity contribution in [1.29, 1.82) is 0 Å². The highest BCUT2D eigenvalue weighted by molar-refractivity contribution is 7.17. The fraction of sp³-hybridized carbons (Fsp3) is 0.250. The molecule has 0 saturated carbocycles. The van der Waals surface area contributed by atoms with Crippen molar-refractivity contribution < 1.29 is 19.4 Å². The van der Waals surface area contributed by atoms with Gasteiger partial charge in [-0.25, -0.2) is 9.78 Å². The maximum Gasteiger partial charge on any atom is 0.416 e. The molecule has 0 saturated heterocycles. The summed E-state index contributed by atoms with van der Waals surface area (Å²) in [5.41, 5.74) is 1.69. The maximum absolute atomic E-state index is 12.7. The quantitative estimate of drug-likeness (QED) is 0.547. The first-order valence-corrected chi connectivity index (χ1v) is 10.4. The van der Waals surface area contributed by atoms with Gasteiger partial charge >= 0.3 is 12.1 Å². The van der Waals surface area contributed by atoms with Gasteiger partial charge in [-0.2, -0.15) is 0 Å². The summed E-state index contributed by atoms with van der Waals surface area (Å²) in [5, 5.41) is 11.3. The number of aromatic nitrogens is 1. The van der Waals surface area contributed by atoms with E-state index in [0.29, 0.717) is 11.6 Å². The molecule has 0 aliphatic rings. The minimum Gasteiger partial charge on any atom is -0.481 e. The van der Waals surface area contributed by atoms with Crippen molar-refractivity contribution in [3.05, 3.63) is 58.3 Å². The SMILES string of the molecule is Cc1ccc(-c2csc(N(CCCC(=O)O)C(=O)OCc3ccccc3)n2)s1. The van der Waals surface area contributed by atoms with Gasteiger partial charge in [-0.15, -0.1) is 22.7 Å². The van der Waals surface area contributed by atoms with E-state index >= 15 is 0 Å². The Kier molecular flexibility index (Phi) is 6.78. The van der Waals surface area contributed by atoms with Crippen molar-refractivity contribution in [3.8, 4) is 10.6 Å². The van der Waals surface area contributed by atoms with E-state index in [1.807, 2.05) is 54.8 Å². The molecule has 6 nitrogen and oxygen atoms in total. The molecule has 0 unspecified atom stereocenters. The Morgan fingerprint density at radius 1 is 1.18 bits per heavy atom. The minimum atomic E-state index is -0.897. The summed E-state index contributed by atoms with van der Waals surface area (Å²) in [6.07, 6.45) is -0.231. The van der Waals surface area contributed by atoms with Crippen LogP contribution in [-0.2, 0) is 16.1 Å². The van der Waals surface area contributed by atoms with Gasteiger partial charge in [0.25, 0.3) is 0 Å². The fourth-order valence-electron chi connectivity index (χ4n) is 2.52. The van der Waals surface area contributed by atoms with Crippen LogP contribution in [0.25, 0.3) is 10.6 Å². The lowest BCUT2D eigenvalue weighted by Gasteiger charge is -2.19. The van der Waals surface area contributed by atoms with Crippen molar-refractivity contribution in [2.24, 2.45) is 0 Å². The van der Waals surface area contributed by atoms with E-state index in [0.717, 1.165) is 16.1 Å². The molecule has 28 heavy (non-hydrogen) atoms. The van der Waals surface area contributed by atoms with Crippen LogP contribution in [0.15, 0.2) is 47.8 Å². The van der Waals surface area contributed by atoms with Crippen molar-refractivity contribution in [2.75, 3.05) is 11.4 Å². The van der Waals surface area contributed by atoms with Crippen molar-refractivity contribution >= 4 is 39.9 Å². The predicted octanol–water partition coefficient (Wildman–Crippen LogP) is 5.19. The zero-order valence-corrected chi connectivity index (χ0v) is 17.0. The van der Waals surface area contributed by atoms with E-state index in [1.54, 1.807) is 11.3 Å². The van der Waals surface area contributed by atoms with Crippen molar-refractivity contribution in [1.82, 2.24) is 4.98 Å². The number of aryl methyl sites for hydroxylation is 1. The van der Waals surface area contributed by atoms with Crippen LogP contribution in [-0.4, -0.2) is 28.7 Å². The summed E-state index contributed by atoms with van der Waals surface area (Å²) in [7, 11) is 0. The lowest BCUT2D eigenvalue weighted by atomic mass is 10.2. The number of thiazole rings is 1. The van der Waals surface area contributed by atoms with Gasteiger partial charge < -0.3 is 9.84 Å². The normalized spacial score (nSPS) is 10.6. The number of thiophene rings is 1. The van der Waals surface area contributed by atoms with Crippen molar-refractivity contribution in [2.45, 2.75) is 26.4 Å². The lowest BCUT2D eigenvalue weighted by molar-refractivity contribution is -0.137. The molecule has 1 aromatic carbocycles. The van der Waals surface area contributed by atoms with Crippen LogP contribution in [0.2, 0.25) is 0 Å². The number of carbonyl (C=O) groups excluding carboxylic acids is 1. The molecule has 2 heterocycles. The highest BCUT2D eigenvalue weighted by atomic mass is 32.1. The van der Waals surface area contributed by atoms with E-state index in [9.17, 15) is 9.59 Å². The van der Waals surface area contributed by atoms with Gasteiger partial charge in [0.15, 0.2) is 5.13 Å². The number of carboxylic acid groups (broad SMARTS) is 1. The molecule has 0 atom stereocenters. The smallest absolute Gasteiger partial charge is 0.416 e. The summed E-state index contributed by atoms with van der Waals surface area (Å²) in [4.78, 5) is 31.7. The molecule has 0 radical (unpaired) electrons. The second-order valence-corrected chi connectivity index (χ2v) is 8.24. The highest BCUT2D eigenvalue weighted by Gasteiger charge is 2.21. The third-order valence-electron chi connectivity index (χ3n) is 3.91. The first kappa shape index (κ1) is 20.0. The number of carbonyl (C=O) groups is 2. The van der Waals surface area contributed by atoms with Crippen LogP contribution in [0.5, 0.6) is 0 Å². The van der Waals surface area contributed by atoms with E-state index in [2.05, 4.69) is 4.98 Å². The third-order valence-corrected chi connectivity index (χ3v) is 5.80. The molecule has 2 aromatic heterocycles. The average molecular weight is 417 g/mol. The van der Waals surface area contributed by atoms with E-state index in [-0.39, 0.29) is 19.6 Å². The van der Waals surface area contributed by atoms with Gasteiger partial charge in [-0.05, 0) is 31.0 Å². The van der Waals surface area contributed by atoms with Crippen LogP contribution in [0.1, 0.15) is 23.3 Å². The Balaban J connectivity index is 1.73. The predicted molar refractivity (Wildman–Crippen MR) is 111 cm³/mol. The van der Waals surface area contributed by atoms with Crippen molar-refractivity contribution in [3.63, 3.8) is 0 Å². The third kappa shape index (κ3) is 5.40. The second-order valence-electron chi connectivity index (χ2n) is 6.11. The summed E-state index contributed by atoms with van der Waals surface area (Å²) in [6.45, 7) is 2.41. The maximum atomic E-state index is 12.7. The average Bonchev–Trinajstić information content (AvgIpc) is 3.33. The fourth-order valence-corrected chi connectivity index (χ4v) is 4.27. The summed E-state index contributed by atoms with van der Waals surface area (Å²) in [5.74, 6) is -0.897. The molecule has 0 spiro atoms. The molecule has 3 aromatic rings. The largest absolute Gasteiger partial charge is 0.481 e. The van der Waals surface area contributed by atoms with Gasteiger partial charge in [0.2, 0.25) is 0 Å². The van der Waals surface area contributed by atoms with E-state index < -0.39 is 12.1 Å². The molecule has 3 rings (SSSR count). The van der Waals surface area contributed by atoms with Gasteiger partial charge in [-0.3, -0.25) is 9.69 Å². The number of anilines is 1. The number of hydrogen-bond donors (Lipinski definition) is 1. The van der Waals surface area contributed by atoms with Gasteiger partial charge in [0.1, 0.15) is 6.61 Å². The monoisotopic (exact) mass is 416 g/mol. The number of nitrogens with zero attached hydrogens (tertiary/aromatic N) is 2. The molecule has 1 N–H and O–H groups in total. The molecule has 8 heteroatoms. The Labute approximate surface area is 171 Å². The first-order valence-electron chi connectivity index (χ1n) is 8.75. The highest BCUT2D eigenvalue weighted by Crippen LogP contribution is 2.32.